The molecule has 1 heterocycles. The van der Waals surface area contributed by atoms with Crippen molar-refractivity contribution in [3.8, 4) is 0 Å². The minimum absolute atomic E-state index is 0.532. The lowest BCUT2D eigenvalue weighted by molar-refractivity contribution is 0.179. The van der Waals surface area contributed by atoms with Gasteiger partial charge in [0.2, 0.25) is 0 Å². The molecule has 0 radical (unpaired) electrons. The van der Waals surface area contributed by atoms with Gasteiger partial charge in [-0.3, -0.25) is 0 Å². The molecule has 2 rings (SSSR count). The van der Waals surface area contributed by atoms with Gasteiger partial charge in [-0.25, -0.2) is 0 Å². The van der Waals surface area contributed by atoms with E-state index in [1.165, 1.54) is 0 Å². The second kappa shape index (κ2) is 5.85. The van der Waals surface area contributed by atoms with Gasteiger partial charge in [0, 0.05) is 30.6 Å². The lowest BCUT2D eigenvalue weighted by Crippen LogP contribution is -2.00. The zero-order chi connectivity index (χ0) is 12.4. The Hall–Kier alpha value is 0.130. The molecule has 0 fully saturated rings. The van der Waals surface area contributed by atoms with Crippen LogP contribution in [0.25, 0.3) is 0 Å². The summed E-state index contributed by atoms with van der Waals surface area (Å²) in [4.78, 5) is 1.14. The van der Waals surface area contributed by atoms with Gasteiger partial charge in [0.15, 0.2) is 0 Å². The van der Waals surface area contributed by atoms with E-state index in [9.17, 15) is 5.11 Å². The highest BCUT2D eigenvalue weighted by Gasteiger charge is 2.11. The third-order valence-corrected chi connectivity index (χ3v) is 4.68. The van der Waals surface area contributed by atoms with E-state index >= 15 is 0 Å². The molecule has 0 aliphatic carbocycles. The third-order valence-electron chi connectivity index (χ3n) is 2.29. The van der Waals surface area contributed by atoms with E-state index in [1.54, 1.807) is 23.5 Å². The van der Waals surface area contributed by atoms with Crippen LogP contribution in [0.2, 0.25) is 5.02 Å². The summed E-state index contributed by atoms with van der Waals surface area (Å²) in [5, 5.41) is 12.8. The first-order valence-electron chi connectivity index (χ1n) is 4.91. The smallest absolute Gasteiger partial charge is 0.0839 e. The maximum absolute atomic E-state index is 10.1. The van der Waals surface area contributed by atoms with E-state index in [-0.39, 0.29) is 0 Å². The van der Waals surface area contributed by atoms with Crippen molar-refractivity contribution in [2.45, 2.75) is 12.5 Å². The highest BCUT2D eigenvalue weighted by Crippen LogP contribution is 2.28. The highest BCUT2D eigenvalue weighted by molar-refractivity contribution is 9.10. The number of halogens is 3. The average Bonchev–Trinajstić information content (AvgIpc) is 2.62. The van der Waals surface area contributed by atoms with Crippen LogP contribution in [-0.2, 0) is 6.42 Å². The Morgan fingerprint density at radius 2 is 1.94 bits per heavy atom. The van der Waals surface area contributed by atoms with Gasteiger partial charge in [-0.2, -0.15) is 0 Å². The molecule has 1 N–H and O–H groups in total. The fourth-order valence-electron chi connectivity index (χ4n) is 1.54. The molecule has 0 aliphatic heterocycles. The van der Waals surface area contributed by atoms with Crippen LogP contribution in [0.3, 0.4) is 0 Å². The summed E-state index contributed by atoms with van der Waals surface area (Å²) < 4.78 is 1.93. The molecule has 0 spiro atoms. The highest BCUT2D eigenvalue weighted by atomic mass is 79.9. The minimum atomic E-state index is -0.532. The second-order valence-electron chi connectivity index (χ2n) is 3.65. The number of benzene rings is 1. The molecular weight excluding hydrogens is 387 g/mol. The molecule has 0 bridgehead atoms. The van der Waals surface area contributed by atoms with Crippen molar-refractivity contribution in [3.05, 3.63) is 54.1 Å². The van der Waals surface area contributed by atoms with Gasteiger partial charge >= 0.3 is 0 Å². The number of hydrogen-bond acceptors (Lipinski definition) is 2. The van der Waals surface area contributed by atoms with Gasteiger partial charge in [-0.15, -0.1) is 11.3 Å². The first kappa shape index (κ1) is 13.6. The first-order valence-corrected chi connectivity index (χ1v) is 7.76. The summed E-state index contributed by atoms with van der Waals surface area (Å²) in [6, 6.07) is 7.51. The van der Waals surface area contributed by atoms with Gasteiger partial charge in [0.25, 0.3) is 0 Å². The first-order chi connectivity index (χ1) is 8.04. The molecule has 1 aromatic heterocycles. The Labute approximate surface area is 126 Å². The molecule has 1 nitrogen and oxygen atoms in total. The van der Waals surface area contributed by atoms with Crippen LogP contribution in [-0.4, -0.2) is 5.11 Å². The Morgan fingerprint density at radius 3 is 2.53 bits per heavy atom. The zero-order valence-electron chi connectivity index (χ0n) is 8.66. The molecule has 0 aliphatic rings. The van der Waals surface area contributed by atoms with Crippen molar-refractivity contribution in [3.63, 3.8) is 0 Å². The second-order valence-corrected chi connectivity index (χ2v) is 6.92. The summed E-state index contributed by atoms with van der Waals surface area (Å²) in [5.41, 5.74) is 0.828. The van der Waals surface area contributed by atoms with Crippen LogP contribution >= 0.6 is 54.8 Å². The predicted octanol–water partition coefficient (Wildman–Crippen LogP) is 5.20. The topological polar surface area (TPSA) is 20.2 Å². The molecule has 90 valence electrons. The number of aliphatic hydroxyl groups is 1. The fraction of sp³-hybridized carbons (Fsp3) is 0.167. The van der Waals surface area contributed by atoms with E-state index in [1.807, 2.05) is 17.5 Å². The lowest BCUT2D eigenvalue weighted by atomic mass is 10.1. The molecule has 2 aromatic rings. The Balaban J connectivity index is 2.16. The number of hydrogen-bond donors (Lipinski definition) is 1. The number of thiophene rings is 1. The molecule has 0 saturated carbocycles. The molecule has 5 heteroatoms. The summed E-state index contributed by atoms with van der Waals surface area (Å²) in [5.74, 6) is 0. The van der Waals surface area contributed by atoms with Crippen LogP contribution in [0.5, 0.6) is 0 Å². The SMILES string of the molecule is OC(Cc1cc(Br)cs1)c1cc(Cl)cc(Br)c1. The quantitative estimate of drug-likeness (QED) is 0.756. The minimum Gasteiger partial charge on any atom is -0.388 e. The van der Waals surface area contributed by atoms with Crippen LogP contribution in [0, 0.1) is 0 Å². The van der Waals surface area contributed by atoms with Gasteiger partial charge in [0.1, 0.15) is 0 Å². The summed E-state index contributed by atoms with van der Waals surface area (Å²) in [7, 11) is 0. The normalized spacial score (nSPS) is 12.7. The molecular formula is C12H9Br2ClOS. The maximum atomic E-state index is 10.1. The number of aliphatic hydroxyl groups excluding tert-OH is 1. The standard InChI is InChI=1S/C12H9Br2ClOS/c13-8-1-7(2-10(15)3-8)12(16)5-11-4-9(14)6-17-11/h1-4,6,12,16H,5H2. The fourth-order valence-corrected chi connectivity index (χ4v) is 3.91. The Bertz CT molecular complexity index is 507. The van der Waals surface area contributed by atoms with Crippen LogP contribution in [0.4, 0.5) is 0 Å². The van der Waals surface area contributed by atoms with E-state index in [0.717, 1.165) is 19.4 Å². The van der Waals surface area contributed by atoms with E-state index in [4.69, 9.17) is 11.6 Å². The van der Waals surface area contributed by atoms with Crippen molar-refractivity contribution < 1.29 is 5.11 Å². The van der Waals surface area contributed by atoms with Crippen molar-refractivity contribution in [2.24, 2.45) is 0 Å². The van der Waals surface area contributed by atoms with Crippen molar-refractivity contribution in [1.82, 2.24) is 0 Å². The maximum Gasteiger partial charge on any atom is 0.0839 e. The Morgan fingerprint density at radius 1 is 1.18 bits per heavy atom. The summed E-state index contributed by atoms with van der Waals surface area (Å²) >= 11 is 14.4. The number of rotatable bonds is 3. The molecule has 1 atom stereocenters. The predicted molar refractivity (Wildman–Crippen MR) is 79.8 cm³/mol. The van der Waals surface area contributed by atoms with Crippen LogP contribution in [0.15, 0.2) is 38.6 Å². The van der Waals surface area contributed by atoms with E-state index in [0.29, 0.717) is 11.4 Å². The van der Waals surface area contributed by atoms with Gasteiger partial charge in [-0.05, 0) is 45.8 Å². The summed E-state index contributed by atoms with van der Waals surface area (Å²) in [6.07, 6.45) is 0.0683. The van der Waals surface area contributed by atoms with Crippen molar-refractivity contribution in [2.75, 3.05) is 0 Å². The van der Waals surface area contributed by atoms with Gasteiger partial charge in [0.05, 0.1) is 6.10 Å². The molecule has 1 aromatic carbocycles. The van der Waals surface area contributed by atoms with Crippen LogP contribution in [0.1, 0.15) is 16.5 Å². The largest absolute Gasteiger partial charge is 0.388 e. The monoisotopic (exact) mass is 394 g/mol. The van der Waals surface area contributed by atoms with Crippen molar-refractivity contribution in [1.29, 1.82) is 0 Å². The van der Waals surface area contributed by atoms with Crippen LogP contribution < -0.4 is 0 Å². The van der Waals surface area contributed by atoms with Crippen molar-refractivity contribution >= 4 is 54.8 Å². The summed E-state index contributed by atoms with van der Waals surface area (Å²) in [6.45, 7) is 0. The average molecular weight is 397 g/mol. The zero-order valence-corrected chi connectivity index (χ0v) is 13.4. The molecule has 1 unspecified atom stereocenters. The molecule has 0 saturated heterocycles. The molecule has 0 amide bonds. The molecule has 17 heavy (non-hydrogen) atoms. The lowest BCUT2D eigenvalue weighted by Gasteiger charge is -2.10. The van der Waals surface area contributed by atoms with Gasteiger partial charge < -0.3 is 5.11 Å². The Kier molecular flexibility index (Phi) is 4.66. The van der Waals surface area contributed by atoms with E-state index in [2.05, 4.69) is 31.9 Å². The van der Waals surface area contributed by atoms with E-state index < -0.39 is 6.10 Å². The third kappa shape index (κ3) is 3.80. The van der Waals surface area contributed by atoms with Gasteiger partial charge in [-0.1, -0.05) is 27.5 Å².